The summed E-state index contributed by atoms with van der Waals surface area (Å²) in [6.07, 6.45) is 3.51. The summed E-state index contributed by atoms with van der Waals surface area (Å²) in [6, 6.07) is 5.77. The minimum absolute atomic E-state index is 0.0968. The van der Waals surface area contributed by atoms with E-state index in [1.807, 2.05) is 4.57 Å². The molecule has 0 aliphatic carbocycles. The number of carbonyl (C=O) groups is 1. The quantitative estimate of drug-likeness (QED) is 0.579. The first-order valence-electron chi connectivity index (χ1n) is 8.78. The third kappa shape index (κ3) is 5.31. The predicted octanol–water partition coefficient (Wildman–Crippen LogP) is 1.95. The van der Waals surface area contributed by atoms with Gasteiger partial charge in [0.2, 0.25) is 5.91 Å². The molecular weight excluding hydrogens is 367 g/mol. The summed E-state index contributed by atoms with van der Waals surface area (Å²) in [5.74, 6) is -0.418. The van der Waals surface area contributed by atoms with Crippen molar-refractivity contribution in [3.8, 4) is 0 Å². The largest absolute Gasteiger partial charge is 0.325 e. The fourth-order valence-corrected chi connectivity index (χ4v) is 3.17. The Balaban J connectivity index is 1.44. The number of carbonyl (C=O) groups excluding carboxylic acids is 1. The second kappa shape index (κ2) is 9.03. The molecule has 0 radical (unpaired) electrons. The topological polar surface area (TPSA) is 58.3 Å². The monoisotopic (exact) mass is 390 g/mol. The van der Waals surface area contributed by atoms with E-state index in [-0.39, 0.29) is 11.7 Å². The van der Waals surface area contributed by atoms with Crippen LogP contribution in [0.25, 0.3) is 0 Å². The summed E-state index contributed by atoms with van der Waals surface area (Å²) < 4.78 is 17.3. The van der Waals surface area contributed by atoms with Gasteiger partial charge < -0.3 is 9.88 Å². The number of anilines is 1. The summed E-state index contributed by atoms with van der Waals surface area (Å²) in [4.78, 5) is 16.5. The number of aromatic nitrogens is 3. The second-order valence-electron chi connectivity index (χ2n) is 6.44. The Morgan fingerprint density at radius 1 is 1.22 bits per heavy atom. The lowest BCUT2D eigenvalue weighted by molar-refractivity contribution is -0.117. The maximum absolute atomic E-state index is 12.9. The van der Waals surface area contributed by atoms with Gasteiger partial charge >= 0.3 is 0 Å². The maximum Gasteiger partial charge on any atom is 0.238 e. The minimum Gasteiger partial charge on any atom is -0.325 e. The molecule has 3 rings (SSSR count). The van der Waals surface area contributed by atoms with Crippen molar-refractivity contribution >= 4 is 23.8 Å². The Hall–Kier alpha value is -2.36. The van der Waals surface area contributed by atoms with Crippen LogP contribution in [-0.4, -0.2) is 62.8 Å². The molecule has 1 aromatic carbocycles. The average molecular weight is 390 g/mol. The van der Waals surface area contributed by atoms with E-state index >= 15 is 0 Å². The van der Waals surface area contributed by atoms with E-state index in [1.165, 1.54) is 12.1 Å². The lowest BCUT2D eigenvalue weighted by Gasteiger charge is -2.33. The van der Waals surface area contributed by atoms with E-state index in [1.54, 1.807) is 29.2 Å². The summed E-state index contributed by atoms with van der Waals surface area (Å²) >= 11 is 5.41. The molecule has 2 aromatic rings. The van der Waals surface area contributed by atoms with E-state index in [9.17, 15) is 9.18 Å². The number of nitrogens with zero attached hydrogens (tertiary/aromatic N) is 5. The van der Waals surface area contributed by atoms with Crippen LogP contribution in [0.5, 0.6) is 0 Å². The third-order valence-corrected chi connectivity index (χ3v) is 4.86. The van der Waals surface area contributed by atoms with Crippen LogP contribution in [-0.2, 0) is 18.0 Å². The molecule has 7 nitrogen and oxygen atoms in total. The van der Waals surface area contributed by atoms with Gasteiger partial charge in [-0.2, -0.15) is 5.10 Å². The lowest BCUT2D eigenvalue weighted by Crippen LogP contribution is -2.49. The predicted molar refractivity (Wildman–Crippen MR) is 104 cm³/mol. The Kier molecular flexibility index (Phi) is 6.49. The van der Waals surface area contributed by atoms with Gasteiger partial charge in [-0.1, -0.05) is 6.08 Å². The van der Waals surface area contributed by atoms with E-state index < -0.39 is 0 Å². The minimum atomic E-state index is -0.321. The molecule has 1 N–H and O–H groups in total. The van der Waals surface area contributed by atoms with Crippen molar-refractivity contribution in [1.29, 1.82) is 0 Å². The Morgan fingerprint density at radius 3 is 2.56 bits per heavy atom. The molecule has 144 valence electrons. The molecule has 1 aliphatic rings. The molecule has 1 fully saturated rings. The fraction of sp³-hybridized carbons (Fsp3) is 0.389. The molecule has 0 atom stereocenters. The first-order chi connectivity index (χ1) is 13.0. The maximum atomic E-state index is 12.9. The number of hydrogen-bond donors (Lipinski definition) is 1. The highest BCUT2D eigenvalue weighted by Gasteiger charge is 2.19. The van der Waals surface area contributed by atoms with Gasteiger partial charge in [-0.15, -0.1) is 6.58 Å². The molecule has 1 amide bonds. The van der Waals surface area contributed by atoms with Crippen LogP contribution in [0.4, 0.5) is 10.1 Å². The third-order valence-electron chi connectivity index (χ3n) is 4.42. The number of amides is 1. The Labute approximate surface area is 162 Å². The molecule has 9 heteroatoms. The van der Waals surface area contributed by atoms with Crippen molar-refractivity contribution in [3.05, 3.63) is 53.8 Å². The van der Waals surface area contributed by atoms with Crippen molar-refractivity contribution in [1.82, 2.24) is 24.1 Å². The zero-order chi connectivity index (χ0) is 19.2. The van der Waals surface area contributed by atoms with Gasteiger partial charge in [0, 0.05) is 38.4 Å². The van der Waals surface area contributed by atoms with Crippen LogP contribution in [0.3, 0.4) is 0 Å². The van der Waals surface area contributed by atoms with Crippen LogP contribution in [0.1, 0.15) is 0 Å². The van der Waals surface area contributed by atoms with Gasteiger partial charge in [0.1, 0.15) is 12.1 Å². The zero-order valence-corrected chi connectivity index (χ0v) is 15.9. The molecular formula is C18H23FN6OS. The molecule has 2 heterocycles. The van der Waals surface area contributed by atoms with Crippen molar-refractivity contribution in [2.75, 3.05) is 38.0 Å². The lowest BCUT2D eigenvalue weighted by atomic mass is 10.3. The van der Waals surface area contributed by atoms with Gasteiger partial charge in [0.15, 0.2) is 4.77 Å². The van der Waals surface area contributed by atoms with Crippen molar-refractivity contribution < 1.29 is 9.18 Å². The molecule has 0 spiro atoms. The van der Waals surface area contributed by atoms with E-state index in [2.05, 4.69) is 26.8 Å². The standard InChI is InChI=1S/C18H23FN6OS/c1-2-7-24-13-20-25(18(24)27)14-23-10-8-22(9-11-23)12-17(26)21-16-5-3-15(19)4-6-16/h2-6,13H,1,7-12,14H2,(H,21,26). The van der Waals surface area contributed by atoms with Crippen molar-refractivity contribution in [2.24, 2.45) is 0 Å². The number of benzene rings is 1. The Morgan fingerprint density at radius 2 is 1.89 bits per heavy atom. The van der Waals surface area contributed by atoms with Crippen molar-refractivity contribution in [3.63, 3.8) is 0 Å². The average Bonchev–Trinajstić information content (AvgIpc) is 2.99. The van der Waals surface area contributed by atoms with Crippen LogP contribution in [0.2, 0.25) is 0 Å². The van der Waals surface area contributed by atoms with E-state index in [0.717, 1.165) is 26.2 Å². The second-order valence-corrected chi connectivity index (χ2v) is 6.81. The smallest absolute Gasteiger partial charge is 0.238 e. The van der Waals surface area contributed by atoms with Crippen LogP contribution < -0.4 is 5.32 Å². The van der Waals surface area contributed by atoms with Crippen molar-refractivity contribution in [2.45, 2.75) is 13.2 Å². The fourth-order valence-electron chi connectivity index (χ4n) is 2.95. The first-order valence-corrected chi connectivity index (χ1v) is 9.19. The van der Waals surface area contributed by atoms with E-state index in [0.29, 0.717) is 30.2 Å². The number of piperazine rings is 1. The molecule has 0 bridgehead atoms. The SMILES string of the molecule is C=CCn1cnn(CN2CCN(CC(=O)Nc3ccc(F)cc3)CC2)c1=S. The van der Waals surface area contributed by atoms with Gasteiger partial charge in [-0.3, -0.25) is 14.6 Å². The first kappa shape index (κ1) is 19.4. The Bertz CT molecular complexity index is 838. The summed E-state index contributed by atoms with van der Waals surface area (Å²) in [6.45, 7) is 8.56. The van der Waals surface area contributed by atoms with Crippen LogP contribution in [0.15, 0.2) is 43.2 Å². The normalized spacial score (nSPS) is 15.6. The van der Waals surface area contributed by atoms with Crippen LogP contribution >= 0.6 is 12.2 Å². The number of hydrogen-bond acceptors (Lipinski definition) is 5. The molecule has 0 unspecified atom stereocenters. The van der Waals surface area contributed by atoms with E-state index in [4.69, 9.17) is 12.2 Å². The number of allylic oxidation sites excluding steroid dienone is 1. The summed E-state index contributed by atoms with van der Waals surface area (Å²) in [5.41, 5.74) is 0.601. The van der Waals surface area contributed by atoms with Gasteiger partial charge in [0.05, 0.1) is 13.2 Å². The van der Waals surface area contributed by atoms with Gasteiger partial charge in [-0.05, 0) is 36.5 Å². The number of rotatable bonds is 7. The zero-order valence-electron chi connectivity index (χ0n) is 15.1. The van der Waals surface area contributed by atoms with Crippen LogP contribution in [0, 0.1) is 10.6 Å². The summed E-state index contributed by atoms with van der Waals surface area (Å²) in [5, 5.41) is 7.12. The molecule has 1 aliphatic heterocycles. The summed E-state index contributed by atoms with van der Waals surface area (Å²) in [7, 11) is 0. The van der Waals surface area contributed by atoms with Gasteiger partial charge in [0.25, 0.3) is 0 Å². The molecule has 1 saturated heterocycles. The molecule has 0 saturated carbocycles. The molecule has 1 aromatic heterocycles. The number of nitrogens with one attached hydrogen (secondary N) is 1. The van der Waals surface area contributed by atoms with Gasteiger partial charge in [-0.25, -0.2) is 9.07 Å². The molecule has 27 heavy (non-hydrogen) atoms. The highest BCUT2D eigenvalue weighted by atomic mass is 32.1. The highest BCUT2D eigenvalue weighted by molar-refractivity contribution is 7.71. The highest BCUT2D eigenvalue weighted by Crippen LogP contribution is 2.09. The number of halogens is 1.